The van der Waals surface area contributed by atoms with Crippen LogP contribution in [0.4, 0.5) is 5.13 Å². The van der Waals surface area contributed by atoms with Gasteiger partial charge in [-0.2, -0.15) is 0 Å². The molecule has 1 aliphatic rings. The van der Waals surface area contributed by atoms with Crippen LogP contribution in [-0.4, -0.2) is 59.2 Å². The van der Waals surface area contributed by atoms with Gasteiger partial charge in [0.1, 0.15) is 5.69 Å². The number of hydrogen-bond acceptors (Lipinski definition) is 7. The van der Waals surface area contributed by atoms with Gasteiger partial charge in [0.05, 0.1) is 30.6 Å². The SMILES string of the molecule is CCc1[nH]c(C(=O)Nc2nc(CN3CC(C)OC(C)C3)cs2)c(C)c1C(=O)OC. The fraction of sp³-hybridized carbons (Fsp3) is 0.550. The molecule has 0 spiro atoms. The van der Waals surface area contributed by atoms with Gasteiger partial charge < -0.3 is 14.5 Å². The van der Waals surface area contributed by atoms with Crippen LogP contribution >= 0.6 is 11.3 Å². The van der Waals surface area contributed by atoms with Crippen molar-refractivity contribution in [1.29, 1.82) is 0 Å². The molecule has 158 valence electrons. The number of amides is 1. The van der Waals surface area contributed by atoms with E-state index in [4.69, 9.17) is 9.47 Å². The van der Waals surface area contributed by atoms with E-state index in [1.54, 1.807) is 6.92 Å². The van der Waals surface area contributed by atoms with Crippen molar-refractivity contribution in [2.24, 2.45) is 0 Å². The number of carbonyl (C=O) groups excluding carboxylic acids is 2. The van der Waals surface area contributed by atoms with Gasteiger partial charge in [-0.3, -0.25) is 15.0 Å². The number of nitrogens with one attached hydrogen (secondary N) is 2. The predicted octanol–water partition coefficient (Wildman–Crippen LogP) is 2.99. The lowest BCUT2D eigenvalue weighted by Gasteiger charge is -2.34. The monoisotopic (exact) mass is 420 g/mol. The molecule has 1 fully saturated rings. The van der Waals surface area contributed by atoms with E-state index >= 15 is 0 Å². The van der Waals surface area contributed by atoms with Crippen molar-refractivity contribution in [3.63, 3.8) is 0 Å². The van der Waals surface area contributed by atoms with E-state index in [1.807, 2.05) is 12.3 Å². The molecule has 0 aromatic carbocycles. The Morgan fingerprint density at radius 2 is 2.07 bits per heavy atom. The lowest BCUT2D eigenvalue weighted by atomic mass is 10.1. The van der Waals surface area contributed by atoms with Crippen LogP contribution in [0, 0.1) is 6.92 Å². The third-order valence-electron chi connectivity index (χ3n) is 4.95. The van der Waals surface area contributed by atoms with E-state index in [1.165, 1.54) is 18.4 Å². The first kappa shape index (κ1) is 21.5. The summed E-state index contributed by atoms with van der Waals surface area (Å²) in [6, 6.07) is 0. The summed E-state index contributed by atoms with van der Waals surface area (Å²) in [6.07, 6.45) is 0.990. The number of aromatic nitrogens is 2. The van der Waals surface area contributed by atoms with Crippen molar-refractivity contribution in [2.75, 3.05) is 25.5 Å². The molecule has 1 saturated heterocycles. The van der Waals surface area contributed by atoms with E-state index in [9.17, 15) is 9.59 Å². The fourth-order valence-corrected chi connectivity index (χ4v) is 4.46. The molecule has 8 nitrogen and oxygen atoms in total. The van der Waals surface area contributed by atoms with E-state index in [0.717, 1.165) is 25.3 Å². The number of ether oxygens (including phenoxy) is 2. The summed E-state index contributed by atoms with van der Waals surface area (Å²) in [4.78, 5) is 34.7. The Morgan fingerprint density at radius 1 is 1.38 bits per heavy atom. The fourth-order valence-electron chi connectivity index (χ4n) is 3.77. The number of nitrogens with zero attached hydrogens (tertiary/aromatic N) is 2. The average molecular weight is 421 g/mol. The third-order valence-corrected chi connectivity index (χ3v) is 5.76. The highest BCUT2D eigenvalue weighted by Gasteiger charge is 2.25. The molecule has 0 bridgehead atoms. The summed E-state index contributed by atoms with van der Waals surface area (Å²) < 4.78 is 10.6. The molecule has 1 aliphatic heterocycles. The first-order chi connectivity index (χ1) is 13.8. The minimum Gasteiger partial charge on any atom is -0.465 e. The summed E-state index contributed by atoms with van der Waals surface area (Å²) in [5.74, 6) is -0.762. The zero-order valence-corrected chi connectivity index (χ0v) is 18.3. The van der Waals surface area contributed by atoms with Crippen LogP contribution < -0.4 is 5.32 Å². The maximum absolute atomic E-state index is 12.8. The highest BCUT2D eigenvalue weighted by Crippen LogP contribution is 2.23. The number of anilines is 1. The molecule has 1 amide bonds. The summed E-state index contributed by atoms with van der Waals surface area (Å²) in [7, 11) is 1.33. The molecule has 9 heteroatoms. The number of hydrogen-bond donors (Lipinski definition) is 2. The van der Waals surface area contributed by atoms with Gasteiger partial charge in [0.2, 0.25) is 0 Å². The Morgan fingerprint density at radius 3 is 2.69 bits per heavy atom. The van der Waals surface area contributed by atoms with Crippen LogP contribution in [-0.2, 0) is 22.4 Å². The number of morpholine rings is 1. The van der Waals surface area contributed by atoms with Crippen molar-refractivity contribution < 1.29 is 19.1 Å². The highest BCUT2D eigenvalue weighted by atomic mass is 32.1. The molecule has 2 aromatic heterocycles. The van der Waals surface area contributed by atoms with Gasteiger partial charge in [-0.15, -0.1) is 11.3 Å². The van der Waals surface area contributed by atoms with Gasteiger partial charge in [-0.05, 0) is 32.8 Å². The molecular weight excluding hydrogens is 392 g/mol. The van der Waals surface area contributed by atoms with Gasteiger partial charge >= 0.3 is 5.97 Å². The molecule has 2 N–H and O–H groups in total. The molecule has 3 heterocycles. The Balaban J connectivity index is 1.69. The van der Waals surface area contributed by atoms with Crippen LogP contribution in [0.1, 0.15) is 58.6 Å². The first-order valence-corrected chi connectivity index (χ1v) is 10.6. The van der Waals surface area contributed by atoms with Crippen molar-refractivity contribution in [3.8, 4) is 0 Å². The molecule has 2 atom stereocenters. The summed E-state index contributed by atoms with van der Waals surface area (Å²) >= 11 is 1.39. The van der Waals surface area contributed by atoms with Gasteiger partial charge in [0, 0.05) is 30.7 Å². The molecule has 2 aromatic rings. The normalized spacial score (nSPS) is 19.9. The zero-order valence-electron chi connectivity index (χ0n) is 17.5. The van der Waals surface area contributed by atoms with Crippen LogP contribution in [0.2, 0.25) is 0 Å². The minimum absolute atomic E-state index is 0.198. The maximum Gasteiger partial charge on any atom is 0.339 e. The number of methoxy groups -OCH3 is 1. The molecule has 29 heavy (non-hydrogen) atoms. The standard InChI is InChI=1S/C20H28N4O4S/c1-6-15-16(19(26)27-5)13(4)17(22-15)18(25)23-20-21-14(10-29-20)9-24-7-11(2)28-12(3)8-24/h10-12,22H,6-9H2,1-5H3,(H,21,23,25). The number of H-pyrrole nitrogens is 1. The lowest BCUT2D eigenvalue weighted by Crippen LogP contribution is -2.44. The van der Waals surface area contributed by atoms with Gasteiger partial charge in [-0.25, -0.2) is 9.78 Å². The van der Waals surface area contributed by atoms with Crippen LogP contribution in [0.3, 0.4) is 0 Å². The molecular formula is C20H28N4O4S. The van der Waals surface area contributed by atoms with E-state index in [0.29, 0.717) is 34.1 Å². The second-order valence-electron chi connectivity index (χ2n) is 7.37. The van der Waals surface area contributed by atoms with E-state index in [-0.39, 0.29) is 18.1 Å². The van der Waals surface area contributed by atoms with Crippen molar-refractivity contribution >= 4 is 28.3 Å². The average Bonchev–Trinajstić information content (AvgIpc) is 3.23. The summed E-state index contributed by atoms with van der Waals surface area (Å²) in [6.45, 7) is 10.2. The number of rotatable bonds is 6. The largest absolute Gasteiger partial charge is 0.465 e. The molecule has 3 rings (SSSR count). The van der Waals surface area contributed by atoms with Gasteiger partial charge in [0.15, 0.2) is 5.13 Å². The van der Waals surface area contributed by atoms with Gasteiger partial charge in [-0.1, -0.05) is 6.92 Å². The number of thiazole rings is 1. The Bertz CT molecular complexity index is 881. The van der Waals surface area contributed by atoms with E-state index in [2.05, 4.69) is 34.0 Å². The molecule has 0 radical (unpaired) electrons. The summed E-state index contributed by atoms with van der Waals surface area (Å²) in [5.41, 5.74) is 2.97. The third kappa shape index (κ3) is 4.85. The topological polar surface area (TPSA) is 96.5 Å². The van der Waals surface area contributed by atoms with E-state index < -0.39 is 5.97 Å². The van der Waals surface area contributed by atoms with Gasteiger partial charge in [0.25, 0.3) is 5.91 Å². The van der Waals surface area contributed by atoms with Crippen LogP contribution in [0.25, 0.3) is 0 Å². The Labute approximate surface area is 174 Å². The highest BCUT2D eigenvalue weighted by molar-refractivity contribution is 7.13. The Hall–Kier alpha value is -2.23. The molecule has 0 saturated carbocycles. The first-order valence-electron chi connectivity index (χ1n) is 9.75. The lowest BCUT2D eigenvalue weighted by molar-refractivity contribution is -0.0707. The number of aromatic amines is 1. The minimum atomic E-state index is -0.444. The summed E-state index contributed by atoms with van der Waals surface area (Å²) in [5, 5.41) is 5.33. The number of esters is 1. The quantitative estimate of drug-likeness (QED) is 0.698. The van der Waals surface area contributed by atoms with Crippen LogP contribution in [0.15, 0.2) is 5.38 Å². The van der Waals surface area contributed by atoms with Crippen molar-refractivity contribution in [1.82, 2.24) is 14.9 Å². The maximum atomic E-state index is 12.8. The second-order valence-corrected chi connectivity index (χ2v) is 8.23. The Kier molecular flexibility index (Phi) is 6.71. The zero-order chi connectivity index (χ0) is 21.1. The van der Waals surface area contributed by atoms with Crippen molar-refractivity contribution in [2.45, 2.75) is 52.9 Å². The number of aryl methyl sites for hydroxylation is 1. The molecule has 2 unspecified atom stereocenters. The molecule has 0 aliphatic carbocycles. The predicted molar refractivity (Wildman–Crippen MR) is 112 cm³/mol. The number of carbonyl (C=O) groups is 2. The smallest absolute Gasteiger partial charge is 0.339 e. The second kappa shape index (κ2) is 9.06. The van der Waals surface area contributed by atoms with Crippen LogP contribution in [0.5, 0.6) is 0 Å². The van der Waals surface area contributed by atoms with Crippen molar-refractivity contribution in [3.05, 3.63) is 33.6 Å².